The van der Waals surface area contributed by atoms with Gasteiger partial charge < -0.3 is 10.1 Å². The number of hydrogen-bond acceptors (Lipinski definition) is 3. The minimum absolute atomic E-state index is 0.788. The van der Waals surface area contributed by atoms with E-state index in [0.717, 1.165) is 37.3 Å². The molecule has 0 radical (unpaired) electrons. The lowest BCUT2D eigenvalue weighted by atomic mass is 9.80. The van der Waals surface area contributed by atoms with Crippen LogP contribution in [0.4, 0.5) is 0 Å². The molecule has 0 aromatic heterocycles. The van der Waals surface area contributed by atoms with Gasteiger partial charge in [-0.2, -0.15) is 0 Å². The van der Waals surface area contributed by atoms with Crippen molar-refractivity contribution in [3.8, 4) is 0 Å². The third-order valence-corrected chi connectivity index (χ3v) is 5.62. The van der Waals surface area contributed by atoms with Crippen LogP contribution >= 0.6 is 0 Å². The molecule has 1 N–H and O–H groups in total. The van der Waals surface area contributed by atoms with Gasteiger partial charge in [0, 0.05) is 37.9 Å². The Labute approximate surface area is 124 Å². The molecule has 0 amide bonds. The van der Waals surface area contributed by atoms with Crippen LogP contribution in [0.5, 0.6) is 0 Å². The molecule has 3 aliphatic heterocycles. The third-order valence-electron chi connectivity index (χ3n) is 5.62. The number of rotatable bonds is 5. The summed E-state index contributed by atoms with van der Waals surface area (Å²) < 4.78 is 5.52. The normalized spacial score (nSPS) is 36.1. The maximum Gasteiger partial charge on any atom is 0.0469 e. The lowest BCUT2D eigenvalue weighted by Gasteiger charge is -2.50. The van der Waals surface area contributed by atoms with Crippen LogP contribution in [0.2, 0.25) is 0 Å². The van der Waals surface area contributed by atoms with E-state index in [0.29, 0.717) is 0 Å². The Morgan fingerprint density at radius 1 is 1.05 bits per heavy atom. The van der Waals surface area contributed by atoms with Gasteiger partial charge in [0.15, 0.2) is 0 Å². The van der Waals surface area contributed by atoms with Crippen LogP contribution in [0.1, 0.15) is 58.3 Å². The highest BCUT2D eigenvalue weighted by Crippen LogP contribution is 2.35. The molecule has 0 saturated carbocycles. The molecule has 3 heteroatoms. The fourth-order valence-electron chi connectivity index (χ4n) is 4.52. The molecule has 3 rings (SSSR count). The van der Waals surface area contributed by atoms with Gasteiger partial charge >= 0.3 is 0 Å². The average molecular weight is 280 g/mol. The second-order valence-corrected chi connectivity index (χ2v) is 7.11. The van der Waals surface area contributed by atoms with Crippen molar-refractivity contribution in [3.63, 3.8) is 0 Å². The Balaban J connectivity index is 1.55. The van der Waals surface area contributed by atoms with Crippen molar-refractivity contribution in [1.29, 1.82) is 0 Å². The standard InChI is InChI=1S/C17H32N2O/c1-2-8-18-15-11-16-4-3-5-17(12-15)19(16)13-14-6-9-20-10-7-14/h14-18H,2-13H2,1H3. The molecule has 0 aromatic rings. The summed E-state index contributed by atoms with van der Waals surface area (Å²) in [4.78, 5) is 2.89. The first-order valence-electron chi connectivity index (χ1n) is 8.93. The largest absolute Gasteiger partial charge is 0.381 e. The minimum atomic E-state index is 0.788. The first-order valence-corrected chi connectivity index (χ1v) is 8.93. The Bertz CT molecular complexity index is 277. The van der Waals surface area contributed by atoms with Crippen LogP contribution in [0.15, 0.2) is 0 Å². The van der Waals surface area contributed by atoms with Gasteiger partial charge in [-0.3, -0.25) is 4.90 Å². The molecule has 3 heterocycles. The summed E-state index contributed by atoms with van der Waals surface area (Å²) in [5.41, 5.74) is 0. The summed E-state index contributed by atoms with van der Waals surface area (Å²) in [5, 5.41) is 3.78. The van der Waals surface area contributed by atoms with Crippen LogP contribution < -0.4 is 5.32 Å². The zero-order valence-corrected chi connectivity index (χ0v) is 13.2. The Morgan fingerprint density at radius 2 is 1.75 bits per heavy atom. The summed E-state index contributed by atoms with van der Waals surface area (Å²) in [6.45, 7) is 6.81. The van der Waals surface area contributed by atoms with Gasteiger partial charge in [-0.1, -0.05) is 13.3 Å². The summed E-state index contributed by atoms with van der Waals surface area (Å²) in [7, 11) is 0. The van der Waals surface area contributed by atoms with Gasteiger partial charge in [0.05, 0.1) is 0 Å². The zero-order valence-electron chi connectivity index (χ0n) is 13.2. The van der Waals surface area contributed by atoms with Crippen molar-refractivity contribution < 1.29 is 4.74 Å². The minimum Gasteiger partial charge on any atom is -0.381 e. The van der Waals surface area contributed by atoms with Crippen molar-refractivity contribution in [3.05, 3.63) is 0 Å². The summed E-state index contributed by atoms with van der Waals surface area (Å²) in [5.74, 6) is 0.895. The Kier molecular flexibility index (Phi) is 5.36. The van der Waals surface area contributed by atoms with Crippen LogP contribution in [0.3, 0.4) is 0 Å². The molecule has 2 bridgehead atoms. The van der Waals surface area contributed by atoms with E-state index in [1.165, 1.54) is 64.5 Å². The maximum atomic E-state index is 5.52. The molecular formula is C17H32N2O. The fourth-order valence-corrected chi connectivity index (χ4v) is 4.52. The van der Waals surface area contributed by atoms with Crippen molar-refractivity contribution in [1.82, 2.24) is 10.2 Å². The van der Waals surface area contributed by atoms with Gasteiger partial charge in [0.1, 0.15) is 0 Å². The van der Waals surface area contributed by atoms with Gasteiger partial charge in [-0.15, -0.1) is 0 Å². The highest BCUT2D eigenvalue weighted by atomic mass is 16.5. The summed E-state index contributed by atoms with van der Waals surface area (Å²) in [6.07, 6.45) is 10.9. The van der Waals surface area contributed by atoms with Gasteiger partial charge in [0.25, 0.3) is 0 Å². The molecule has 3 fully saturated rings. The molecule has 3 aliphatic rings. The number of ether oxygens (including phenoxy) is 1. The SMILES string of the molecule is CCCNC1CC2CCCC(C1)N2CC1CCOCC1. The van der Waals surface area contributed by atoms with Crippen molar-refractivity contribution in [2.75, 3.05) is 26.3 Å². The predicted octanol–water partition coefficient (Wildman–Crippen LogP) is 2.80. The lowest BCUT2D eigenvalue weighted by molar-refractivity contribution is -0.0106. The second kappa shape index (κ2) is 7.24. The molecule has 20 heavy (non-hydrogen) atoms. The fraction of sp³-hybridized carbons (Fsp3) is 1.00. The number of nitrogens with one attached hydrogen (secondary N) is 1. The maximum absolute atomic E-state index is 5.52. The first kappa shape index (κ1) is 14.8. The molecule has 0 aromatic carbocycles. The molecule has 3 saturated heterocycles. The van der Waals surface area contributed by atoms with E-state index in [1.54, 1.807) is 0 Å². The first-order chi connectivity index (χ1) is 9.86. The van der Waals surface area contributed by atoms with E-state index in [1.807, 2.05) is 0 Å². The Hall–Kier alpha value is -0.120. The second-order valence-electron chi connectivity index (χ2n) is 7.11. The predicted molar refractivity (Wildman–Crippen MR) is 83.0 cm³/mol. The molecule has 0 spiro atoms. The van der Waals surface area contributed by atoms with Gasteiger partial charge in [-0.25, -0.2) is 0 Å². The quantitative estimate of drug-likeness (QED) is 0.838. The van der Waals surface area contributed by atoms with Crippen molar-refractivity contribution in [2.24, 2.45) is 5.92 Å². The van der Waals surface area contributed by atoms with Gasteiger partial charge in [-0.05, 0) is 57.4 Å². The zero-order chi connectivity index (χ0) is 13.8. The van der Waals surface area contributed by atoms with Crippen LogP contribution in [-0.4, -0.2) is 49.3 Å². The summed E-state index contributed by atoms with van der Waals surface area (Å²) in [6, 6.07) is 2.51. The smallest absolute Gasteiger partial charge is 0.0469 e. The van der Waals surface area contributed by atoms with E-state index < -0.39 is 0 Å². The van der Waals surface area contributed by atoms with E-state index in [4.69, 9.17) is 4.74 Å². The molecular weight excluding hydrogens is 248 g/mol. The highest BCUT2D eigenvalue weighted by Gasteiger charge is 2.38. The average Bonchev–Trinajstić information content (AvgIpc) is 2.46. The van der Waals surface area contributed by atoms with Crippen molar-refractivity contribution >= 4 is 0 Å². The molecule has 2 atom stereocenters. The van der Waals surface area contributed by atoms with Crippen LogP contribution in [0.25, 0.3) is 0 Å². The van der Waals surface area contributed by atoms with E-state index in [2.05, 4.69) is 17.1 Å². The summed E-state index contributed by atoms with van der Waals surface area (Å²) >= 11 is 0. The Morgan fingerprint density at radius 3 is 2.40 bits per heavy atom. The van der Waals surface area contributed by atoms with Crippen molar-refractivity contribution in [2.45, 2.75) is 76.4 Å². The third kappa shape index (κ3) is 3.55. The molecule has 116 valence electrons. The number of nitrogens with zero attached hydrogens (tertiary/aromatic N) is 1. The number of piperidine rings is 2. The number of hydrogen-bond donors (Lipinski definition) is 1. The van der Waals surface area contributed by atoms with Gasteiger partial charge in [0.2, 0.25) is 0 Å². The highest BCUT2D eigenvalue weighted by molar-refractivity contribution is 4.95. The van der Waals surface area contributed by atoms with E-state index in [9.17, 15) is 0 Å². The molecule has 2 unspecified atom stereocenters. The van der Waals surface area contributed by atoms with E-state index >= 15 is 0 Å². The number of fused-ring (bicyclic) bond motifs is 2. The van der Waals surface area contributed by atoms with Crippen LogP contribution in [-0.2, 0) is 4.74 Å². The molecule has 0 aliphatic carbocycles. The topological polar surface area (TPSA) is 24.5 Å². The van der Waals surface area contributed by atoms with E-state index in [-0.39, 0.29) is 0 Å². The monoisotopic (exact) mass is 280 g/mol. The lowest BCUT2D eigenvalue weighted by Crippen LogP contribution is -2.57. The molecule has 3 nitrogen and oxygen atoms in total. The van der Waals surface area contributed by atoms with Crippen LogP contribution in [0, 0.1) is 5.92 Å².